The Morgan fingerprint density at radius 2 is 1.76 bits per heavy atom. The molecule has 1 atom stereocenters. The minimum atomic E-state index is -1.39. The minimum Gasteiger partial charge on any atom is -0.480 e. The average molecular weight is 244 g/mol. The summed E-state index contributed by atoms with van der Waals surface area (Å²) in [5, 5.41) is 11.8. The highest BCUT2D eigenvalue weighted by molar-refractivity contribution is 6.01. The van der Waals surface area contributed by atoms with Crippen molar-refractivity contribution in [1.82, 2.24) is 10.2 Å². The third-order valence-corrected chi connectivity index (χ3v) is 2.79. The van der Waals surface area contributed by atoms with Gasteiger partial charge in [0.15, 0.2) is 0 Å². The molecule has 0 heterocycles. The highest BCUT2D eigenvalue weighted by Crippen LogP contribution is 2.16. The molecule has 0 aliphatic rings. The Hall–Kier alpha value is -1.10. The fraction of sp³-hybridized carbons (Fsp3) is 0.833. The molecule has 0 aliphatic heterocycles. The molecule has 0 spiro atoms. The zero-order valence-corrected chi connectivity index (χ0v) is 11.6. The summed E-state index contributed by atoms with van der Waals surface area (Å²) in [6.07, 6.45) is 0. The van der Waals surface area contributed by atoms with Crippen LogP contribution in [0.25, 0.3) is 0 Å². The van der Waals surface area contributed by atoms with Crippen molar-refractivity contribution in [3.8, 4) is 0 Å². The van der Waals surface area contributed by atoms with Gasteiger partial charge in [-0.2, -0.15) is 0 Å². The number of aliphatic carboxylic acids is 1. The van der Waals surface area contributed by atoms with Gasteiger partial charge in [0.2, 0.25) is 5.91 Å². The summed E-state index contributed by atoms with van der Waals surface area (Å²) >= 11 is 0. The van der Waals surface area contributed by atoms with Gasteiger partial charge in [-0.3, -0.25) is 9.59 Å². The van der Waals surface area contributed by atoms with E-state index >= 15 is 0 Å². The van der Waals surface area contributed by atoms with Crippen LogP contribution in [0.1, 0.15) is 27.7 Å². The van der Waals surface area contributed by atoms with Crippen molar-refractivity contribution in [2.24, 2.45) is 11.3 Å². The number of hydrogen-bond acceptors (Lipinski definition) is 3. The van der Waals surface area contributed by atoms with Gasteiger partial charge in [-0.15, -0.1) is 0 Å². The van der Waals surface area contributed by atoms with Crippen molar-refractivity contribution < 1.29 is 14.7 Å². The number of hydrogen-bond donors (Lipinski definition) is 2. The Bertz CT molecular complexity index is 285. The van der Waals surface area contributed by atoms with Gasteiger partial charge < -0.3 is 15.3 Å². The quantitative estimate of drug-likeness (QED) is 0.678. The molecule has 0 saturated heterocycles. The molecule has 0 bridgehead atoms. The number of carbonyl (C=O) groups is 2. The van der Waals surface area contributed by atoms with Gasteiger partial charge in [-0.05, 0) is 33.9 Å². The van der Waals surface area contributed by atoms with E-state index in [9.17, 15) is 9.59 Å². The topological polar surface area (TPSA) is 69.6 Å². The first-order valence-electron chi connectivity index (χ1n) is 5.78. The molecular formula is C12H24N2O3. The largest absolute Gasteiger partial charge is 0.480 e. The molecule has 0 radical (unpaired) electrons. The number of carbonyl (C=O) groups excluding carboxylic acids is 1. The predicted octanol–water partition coefficient (Wildman–Crippen LogP) is 0.800. The van der Waals surface area contributed by atoms with Gasteiger partial charge in [0, 0.05) is 12.6 Å². The number of nitrogens with one attached hydrogen (secondary N) is 1. The molecule has 5 nitrogen and oxygen atoms in total. The molecule has 0 aliphatic carbocycles. The number of carboxylic acids is 1. The Labute approximate surface area is 103 Å². The van der Waals surface area contributed by atoms with Crippen LogP contribution in [0.5, 0.6) is 0 Å². The lowest BCUT2D eigenvalue weighted by Crippen LogP contribution is -2.51. The monoisotopic (exact) mass is 244 g/mol. The van der Waals surface area contributed by atoms with Gasteiger partial charge >= 0.3 is 5.97 Å². The normalized spacial score (nSPS) is 13.9. The SMILES string of the molecule is CC(C)C(CN(C)C)NC(=O)C(C)(C)C(=O)O. The lowest BCUT2D eigenvalue weighted by molar-refractivity contribution is -0.153. The van der Waals surface area contributed by atoms with Gasteiger partial charge in [0.25, 0.3) is 0 Å². The molecule has 17 heavy (non-hydrogen) atoms. The van der Waals surface area contributed by atoms with Crippen LogP contribution in [0.4, 0.5) is 0 Å². The van der Waals surface area contributed by atoms with E-state index in [1.54, 1.807) is 0 Å². The van der Waals surface area contributed by atoms with Gasteiger partial charge in [-0.1, -0.05) is 13.8 Å². The van der Waals surface area contributed by atoms with Gasteiger partial charge in [-0.25, -0.2) is 0 Å². The molecule has 1 unspecified atom stereocenters. The summed E-state index contributed by atoms with van der Waals surface area (Å²) in [5.41, 5.74) is -1.39. The second-order valence-corrected chi connectivity index (χ2v) is 5.52. The van der Waals surface area contributed by atoms with Crippen LogP contribution < -0.4 is 5.32 Å². The fourth-order valence-electron chi connectivity index (χ4n) is 1.26. The zero-order chi connectivity index (χ0) is 13.8. The average Bonchev–Trinajstić information content (AvgIpc) is 2.15. The molecule has 0 saturated carbocycles. The van der Waals surface area contributed by atoms with Crippen LogP contribution in [-0.2, 0) is 9.59 Å². The molecule has 1 amide bonds. The maximum Gasteiger partial charge on any atom is 0.318 e. The third kappa shape index (κ3) is 4.73. The first-order chi connectivity index (χ1) is 7.59. The summed E-state index contributed by atoms with van der Waals surface area (Å²) in [5.74, 6) is -1.29. The Morgan fingerprint density at radius 1 is 1.29 bits per heavy atom. The Morgan fingerprint density at radius 3 is 2.06 bits per heavy atom. The molecule has 0 aromatic heterocycles. The van der Waals surface area contributed by atoms with Gasteiger partial charge in [0.1, 0.15) is 5.41 Å². The van der Waals surface area contributed by atoms with Crippen molar-refractivity contribution in [2.45, 2.75) is 33.7 Å². The molecular weight excluding hydrogens is 220 g/mol. The van der Waals surface area contributed by atoms with E-state index in [0.29, 0.717) is 6.54 Å². The van der Waals surface area contributed by atoms with Crippen LogP contribution in [0.15, 0.2) is 0 Å². The maximum absolute atomic E-state index is 11.9. The van der Waals surface area contributed by atoms with E-state index in [4.69, 9.17) is 5.11 Å². The lowest BCUT2D eigenvalue weighted by Gasteiger charge is -2.28. The van der Waals surface area contributed by atoms with Crippen LogP contribution in [0.3, 0.4) is 0 Å². The maximum atomic E-state index is 11.9. The summed E-state index contributed by atoms with van der Waals surface area (Å²) in [6, 6.07) is -0.0453. The standard InChI is InChI=1S/C12H24N2O3/c1-8(2)9(7-14(5)6)13-10(15)12(3,4)11(16)17/h8-9H,7H2,1-6H3,(H,13,15)(H,16,17). The van der Waals surface area contributed by atoms with Crippen molar-refractivity contribution in [1.29, 1.82) is 0 Å². The minimum absolute atomic E-state index is 0.0453. The predicted molar refractivity (Wildman–Crippen MR) is 66.7 cm³/mol. The smallest absolute Gasteiger partial charge is 0.318 e. The Balaban J connectivity index is 4.67. The molecule has 0 aromatic carbocycles. The number of nitrogens with zero attached hydrogens (tertiary/aromatic N) is 1. The van der Waals surface area contributed by atoms with E-state index in [0.717, 1.165) is 0 Å². The van der Waals surface area contributed by atoms with Crippen molar-refractivity contribution in [2.75, 3.05) is 20.6 Å². The highest BCUT2D eigenvalue weighted by Gasteiger charge is 2.37. The summed E-state index contributed by atoms with van der Waals surface area (Å²) in [7, 11) is 3.84. The summed E-state index contributed by atoms with van der Waals surface area (Å²) in [4.78, 5) is 24.8. The van der Waals surface area contributed by atoms with E-state index in [1.165, 1.54) is 13.8 Å². The highest BCUT2D eigenvalue weighted by atomic mass is 16.4. The van der Waals surface area contributed by atoms with Crippen LogP contribution >= 0.6 is 0 Å². The molecule has 0 fully saturated rings. The number of likely N-dealkylation sites (N-methyl/N-ethyl adjacent to an activating group) is 1. The van der Waals surface area contributed by atoms with Crippen LogP contribution in [0.2, 0.25) is 0 Å². The molecule has 0 aromatic rings. The van der Waals surface area contributed by atoms with Crippen molar-refractivity contribution in [3.63, 3.8) is 0 Å². The number of amides is 1. The van der Waals surface area contributed by atoms with E-state index in [2.05, 4.69) is 5.32 Å². The molecule has 100 valence electrons. The van der Waals surface area contributed by atoms with E-state index in [1.807, 2.05) is 32.8 Å². The Kier molecular flexibility index (Phi) is 5.61. The molecule has 0 rings (SSSR count). The zero-order valence-electron chi connectivity index (χ0n) is 11.6. The van der Waals surface area contributed by atoms with E-state index in [-0.39, 0.29) is 12.0 Å². The summed E-state index contributed by atoms with van der Waals surface area (Å²) < 4.78 is 0. The number of carboxylic acid groups (broad SMARTS) is 1. The third-order valence-electron chi connectivity index (χ3n) is 2.79. The van der Waals surface area contributed by atoms with E-state index < -0.39 is 17.3 Å². The molecule has 2 N–H and O–H groups in total. The lowest BCUT2D eigenvalue weighted by atomic mass is 9.91. The first kappa shape index (κ1) is 15.9. The van der Waals surface area contributed by atoms with Crippen molar-refractivity contribution >= 4 is 11.9 Å². The fourth-order valence-corrected chi connectivity index (χ4v) is 1.26. The first-order valence-corrected chi connectivity index (χ1v) is 5.78. The summed E-state index contributed by atoms with van der Waals surface area (Å²) in [6.45, 7) is 7.53. The van der Waals surface area contributed by atoms with Crippen LogP contribution in [0, 0.1) is 11.3 Å². The second kappa shape index (κ2) is 6.00. The second-order valence-electron chi connectivity index (χ2n) is 5.52. The van der Waals surface area contributed by atoms with Crippen LogP contribution in [-0.4, -0.2) is 48.6 Å². The number of rotatable bonds is 6. The van der Waals surface area contributed by atoms with Crippen molar-refractivity contribution in [3.05, 3.63) is 0 Å². The molecule has 5 heteroatoms. The van der Waals surface area contributed by atoms with Gasteiger partial charge in [0.05, 0.1) is 0 Å².